The Balaban J connectivity index is 1.94. The van der Waals surface area contributed by atoms with E-state index in [2.05, 4.69) is 55.1 Å². The van der Waals surface area contributed by atoms with Gasteiger partial charge < -0.3 is 14.7 Å². The number of rotatable bonds is 5. The Morgan fingerprint density at radius 1 is 1.37 bits per heavy atom. The van der Waals surface area contributed by atoms with Crippen LogP contribution in [0.2, 0.25) is 0 Å². The Hall–Kier alpha value is -0.160. The highest BCUT2D eigenvalue weighted by atomic mass is 127. The van der Waals surface area contributed by atoms with Crippen molar-refractivity contribution in [1.82, 2.24) is 9.97 Å². The number of H-pyrrole nitrogens is 2. The van der Waals surface area contributed by atoms with Crippen LogP contribution in [-0.4, -0.2) is 15.4 Å². The molecule has 102 valence electrons. The summed E-state index contributed by atoms with van der Waals surface area (Å²) in [4.78, 5) is 16.3. The van der Waals surface area contributed by atoms with Gasteiger partial charge in [-0.1, -0.05) is 6.07 Å². The molecule has 0 spiro atoms. The van der Waals surface area contributed by atoms with E-state index < -0.39 is 0 Å². The van der Waals surface area contributed by atoms with E-state index in [1.807, 2.05) is 25.1 Å². The molecular formula is C12H12I2N2O2S. The third kappa shape index (κ3) is 4.42. The molecule has 0 aliphatic heterocycles. The van der Waals surface area contributed by atoms with Gasteiger partial charge in [0.2, 0.25) is 0 Å². The lowest BCUT2D eigenvalue weighted by atomic mass is 10.3. The molecule has 4 nitrogen and oxygen atoms in total. The maximum Gasteiger partial charge on any atom is 0.323 e. The van der Waals surface area contributed by atoms with Crippen molar-refractivity contribution < 1.29 is 4.74 Å². The zero-order chi connectivity index (χ0) is 13.8. The largest absolute Gasteiger partial charge is 0.478 e. The van der Waals surface area contributed by atoms with Crippen LogP contribution < -0.4 is 10.4 Å². The number of nitrogens with one attached hydrogen (secondary N) is 2. The van der Waals surface area contributed by atoms with Gasteiger partial charge in [-0.2, -0.15) is 0 Å². The second-order valence-corrected chi connectivity index (χ2v) is 7.43. The van der Waals surface area contributed by atoms with Crippen LogP contribution in [0.15, 0.2) is 29.2 Å². The molecule has 0 fully saturated rings. The van der Waals surface area contributed by atoms with Gasteiger partial charge in [0.05, 0.1) is 7.14 Å². The van der Waals surface area contributed by atoms with E-state index in [0.717, 1.165) is 18.6 Å². The quantitative estimate of drug-likeness (QED) is 0.486. The van der Waals surface area contributed by atoms with Crippen molar-refractivity contribution in [1.29, 1.82) is 0 Å². The maximum absolute atomic E-state index is 11.0. The second kappa shape index (κ2) is 7.02. The van der Waals surface area contributed by atoms with Crippen LogP contribution in [0.5, 0.6) is 5.75 Å². The van der Waals surface area contributed by atoms with E-state index in [0.29, 0.717) is 5.75 Å². The van der Waals surface area contributed by atoms with E-state index in [1.165, 1.54) is 0 Å². The number of hydrogen-bond acceptors (Lipinski definition) is 3. The van der Waals surface area contributed by atoms with Crippen molar-refractivity contribution in [2.45, 2.75) is 18.1 Å². The maximum atomic E-state index is 11.0. The van der Waals surface area contributed by atoms with E-state index in [-0.39, 0.29) is 11.1 Å². The van der Waals surface area contributed by atoms with Gasteiger partial charge in [0, 0.05) is 17.6 Å². The van der Waals surface area contributed by atoms with Crippen molar-refractivity contribution in [2.24, 2.45) is 0 Å². The van der Waals surface area contributed by atoms with E-state index in [9.17, 15) is 4.79 Å². The summed E-state index contributed by atoms with van der Waals surface area (Å²) in [7, 11) is 0. The summed E-state index contributed by atoms with van der Waals surface area (Å²) in [5, 5.41) is 0. The van der Waals surface area contributed by atoms with Crippen molar-refractivity contribution in [3.05, 3.63) is 47.7 Å². The fraction of sp³-hybridized carbons (Fsp3) is 0.250. The number of para-hydroxylation sites is 1. The Morgan fingerprint density at radius 3 is 2.63 bits per heavy atom. The molecule has 2 N–H and O–H groups in total. The molecule has 1 aromatic heterocycles. The minimum absolute atomic E-state index is 0.0165. The van der Waals surface area contributed by atoms with Gasteiger partial charge >= 0.3 is 5.69 Å². The molecule has 1 heterocycles. The normalized spacial score (nSPS) is 12.4. The molecule has 0 saturated heterocycles. The minimum Gasteiger partial charge on any atom is -0.478 e. The molecule has 2 rings (SSSR count). The van der Waals surface area contributed by atoms with Gasteiger partial charge in [0.15, 0.2) is 0 Å². The SMILES string of the molecule is CC(Oc1c(I)cccc1I)SCc1c[nH]c(=O)[nH]1. The zero-order valence-electron chi connectivity index (χ0n) is 10.1. The molecule has 1 atom stereocenters. The molecule has 0 aliphatic carbocycles. The molecule has 0 radical (unpaired) electrons. The van der Waals surface area contributed by atoms with Crippen molar-refractivity contribution in [3.63, 3.8) is 0 Å². The lowest BCUT2D eigenvalue weighted by Crippen LogP contribution is -2.09. The fourth-order valence-electron chi connectivity index (χ4n) is 1.45. The number of thioether (sulfide) groups is 1. The van der Waals surface area contributed by atoms with Crippen molar-refractivity contribution >= 4 is 56.9 Å². The van der Waals surface area contributed by atoms with Crippen molar-refractivity contribution in [3.8, 4) is 5.75 Å². The van der Waals surface area contributed by atoms with Gasteiger partial charge in [0.1, 0.15) is 11.2 Å². The number of aromatic amines is 2. The lowest BCUT2D eigenvalue weighted by Gasteiger charge is -2.16. The number of aromatic nitrogens is 2. The fourth-order valence-corrected chi connectivity index (χ4v) is 3.95. The third-order valence-corrected chi connectivity index (χ3v) is 5.07. The second-order valence-electron chi connectivity index (χ2n) is 3.82. The minimum atomic E-state index is -0.170. The third-order valence-electron chi connectivity index (χ3n) is 2.33. The summed E-state index contributed by atoms with van der Waals surface area (Å²) in [6.07, 6.45) is 1.69. The molecule has 19 heavy (non-hydrogen) atoms. The summed E-state index contributed by atoms with van der Waals surface area (Å²) in [6.45, 7) is 2.01. The Kier molecular flexibility index (Phi) is 5.63. The number of halogens is 2. The summed E-state index contributed by atoms with van der Waals surface area (Å²) < 4.78 is 8.16. The first-order valence-electron chi connectivity index (χ1n) is 5.55. The number of hydrogen-bond donors (Lipinski definition) is 2. The summed E-state index contributed by atoms with van der Waals surface area (Å²) in [5.41, 5.74) is 0.724. The van der Waals surface area contributed by atoms with Gasteiger partial charge in [-0.15, -0.1) is 11.8 Å². The molecular weight excluding hydrogens is 490 g/mol. The highest BCUT2D eigenvalue weighted by Gasteiger charge is 2.11. The molecule has 0 bridgehead atoms. The Morgan fingerprint density at radius 2 is 2.05 bits per heavy atom. The monoisotopic (exact) mass is 502 g/mol. The lowest BCUT2D eigenvalue weighted by molar-refractivity contribution is 0.303. The van der Waals surface area contributed by atoms with Crippen LogP contribution in [0.3, 0.4) is 0 Å². The topological polar surface area (TPSA) is 57.9 Å². The molecule has 2 aromatic rings. The first-order chi connectivity index (χ1) is 9.06. The Labute approximate surface area is 142 Å². The average Bonchev–Trinajstić information content (AvgIpc) is 2.77. The highest BCUT2D eigenvalue weighted by Crippen LogP contribution is 2.30. The Bertz CT molecular complexity index is 592. The number of benzene rings is 1. The first kappa shape index (κ1) is 15.2. The summed E-state index contributed by atoms with van der Waals surface area (Å²) in [6, 6.07) is 6.07. The van der Waals surface area contributed by atoms with Crippen LogP contribution in [-0.2, 0) is 5.75 Å². The van der Waals surface area contributed by atoms with Crippen LogP contribution in [0, 0.1) is 7.14 Å². The van der Waals surface area contributed by atoms with E-state index in [4.69, 9.17) is 4.74 Å². The average molecular weight is 502 g/mol. The highest BCUT2D eigenvalue weighted by molar-refractivity contribution is 14.1. The van der Waals surface area contributed by atoms with E-state index in [1.54, 1.807) is 18.0 Å². The molecule has 0 aliphatic rings. The first-order valence-corrected chi connectivity index (χ1v) is 8.75. The van der Waals surface area contributed by atoms with E-state index >= 15 is 0 Å². The molecule has 0 saturated carbocycles. The van der Waals surface area contributed by atoms with Crippen molar-refractivity contribution in [2.75, 3.05) is 0 Å². The summed E-state index contributed by atoms with van der Waals surface area (Å²) in [5.74, 6) is 1.63. The van der Waals surface area contributed by atoms with Crippen LogP contribution in [0.4, 0.5) is 0 Å². The number of imidazole rings is 1. The molecule has 1 aromatic carbocycles. The molecule has 0 amide bonds. The molecule has 1 unspecified atom stereocenters. The summed E-state index contributed by atoms with van der Waals surface area (Å²) >= 11 is 6.18. The van der Waals surface area contributed by atoms with Gasteiger partial charge in [0.25, 0.3) is 0 Å². The predicted octanol–water partition coefficient (Wildman–Crippen LogP) is 3.57. The van der Waals surface area contributed by atoms with Gasteiger partial charge in [-0.3, -0.25) is 0 Å². The molecule has 7 heteroatoms. The van der Waals surface area contributed by atoms with Gasteiger partial charge in [-0.25, -0.2) is 4.79 Å². The number of ether oxygens (including phenoxy) is 1. The van der Waals surface area contributed by atoms with Gasteiger partial charge in [-0.05, 0) is 64.2 Å². The zero-order valence-corrected chi connectivity index (χ0v) is 15.2. The predicted molar refractivity (Wildman–Crippen MR) is 94.7 cm³/mol. The van der Waals surface area contributed by atoms with Crippen LogP contribution in [0.1, 0.15) is 12.6 Å². The standard InChI is InChI=1S/C12H12I2N2O2S/c1-7(19-6-8-5-15-12(17)16-8)18-11-9(13)3-2-4-10(11)14/h2-5,7H,6H2,1H3,(H2,15,16,17). The smallest absolute Gasteiger partial charge is 0.323 e. The van der Waals surface area contributed by atoms with Crippen LogP contribution in [0.25, 0.3) is 0 Å². The van der Waals surface area contributed by atoms with Crippen LogP contribution >= 0.6 is 56.9 Å².